The molecule has 0 aromatic carbocycles. The van der Waals surface area contributed by atoms with E-state index in [9.17, 15) is 0 Å². The van der Waals surface area contributed by atoms with Crippen LogP contribution in [0.25, 0.3) is 0 Å². The standard InChI is InChI=1S/C11H16BrN3/c12-11-9-2-1-3-10(9)15(14-11)8-4-6-13-7-5-8/h8,13H,1-7H2. The Morgan fingerprint density at radius 2 is 2.07 bits per heavy atom. The minimum atomic E-state index is 0.629. The zero-order chi connectivity index (χ0) is 10.3. The third kappa shape index (κ3) is 1.64. The van der Waals surface area contributed by atoms with E-state index in [2.05, 4.69) is 31.0 Å². The average Bonchev–Trinajstić information content (AvgIpc) is 2.84. The first-order chi connectivity index (χ1) is 7.36. The van der Waals surface area contributed by atoms with Crippen molar-refractivity contribution in [3.63, 3.8) is 0 Å². The summed E-state index contributed by atoms with van der Waals surface area (Å²) in [5.74, 6) is 0. The number of rotatable bonds is 1. The number of piperidine rings is 1. The van der Waals surface area contributed by atoms with Gasteiger partial charge in [-0.15, -0.1) is 0 Å². The van der Waals surface area contributed by atoms with Gasteiger partial charge in [0.2, 0.25) is 0 Å². The fraction of sp³-hybridized carbons (Fsp3) is 0.727. The van der Waals surface area contributed by atoms with Crippen LogP contribution in [0, 0.1) is 0 Å². The van der Waals surface area contributed by atoms with E-state index in [0.29, 0.717) is 6.04 Å². The molecule has 2 aliphatic rings. The van der Waals surface area contributed by atoms with Crippen molar-refractivity contribution in [2.24, 2.45) is 0 Å². The maximum atomic E-state index is 4.66. The molecule has 0 bridgehead atoms. The van der Waals surface area contributed by atoms with Crippen molar-refractivity contribution in [3.8, 4) is 0 Å². The van der Waals surface area contributed by atoms with Gasteiger partial charge in [-0.1, -0.05) is 0 Å². The molecule has 82 valence electrons. The molecule has 1 aromatic heterocycles. The number of aromatic nitrogens is 2. The number of nitrogens with zero attached hydrogens (tertiary/aromatic N) is 2. The third-order valence-corrected chi connectivity index (χ3v) is 4.20. The average molecular weight is 270 g/mol. The molecule has 0 amide bonds. The lowest BCUT2D eigenvalue weighted by Gasteiger charge is -2.24. The summed E-state index contributed by atoms with van der Waals surface area (Å²) in [6.07, 6.45) is 6.18. The van der Waals surface area contributed by atoms with E-state index in [1.165, 1.54) is 43.4 Å². The molecule has 0 atom stereocenters. The summed E-state index contributed by atoms with van der Waals surface area (Å²) in [6.45, 7) is 2.27. The molecule has 1 saturated heterocycles. The van der Waals surface area contributed by atoms with Gasteiger partial charge in [0.25, 0.3) is 0 Å². The van der Waals surface area contributed by atoms with Crippen molar-refractivity contribution in [3.05, 3.63) is 15.9 Å². The first-order valence-electron chi connectivity index (χ1n) is 5.83. The van der Waals surface area contributed by atoms with Gasteiger partial charge in [-0.05, 0) is 61.1 Å². The molecule has 1 aliphatic carbocycles. The highest BCUT2D eigenvalue weighted by Gasteiger charge is 2.25. The van der Waals surface area contributed by atoms with Crippen LogP contribution < -0.4 is 5.32 Å². The van der Waals surface area contributed by atoms with Crippen LogP contribution in [0.5, 0.6) is 0 Å². The zero-order valence-corrected chi connectivity index (χ0v) is 10.4. The fourth-order valence-corrected chi connectivity index (χ4v) is 3.37. The largest absolute Gasteiger partial charge is 0.317 e. The minimum absolute atomic E-state index is 0.629. The second kappa shape index (κ2) is 3.91. The second-order valence-corrected chi connectivity index (χ2v) is 5.25. The van der Waals surface area contributed by atoms with Crippen LogP contribution in [0.2, 0.25) is 0 Å². The van der Waals surface area contributed by atoms with Gasteiger partial charge >= 0.3 is 0 Å². The number of nitrogens with one attached hydrogen (secondary N) is 1. The normalized spacial score (nSPS) is 21.9. The van der Waals surface area contributed by atoms with E-state index in [1.54, 1.807) is 0 Å². The van der Waals surface area contributed by atoms with E-state index >= 15 is 0 Å². The van der Waals surface area contributed by atoms with Gasteiger partial charge < -0.3 is 5.32 Å². The van der Waals surface area contributed by atoms with Crippen LogP contribution >= 0.6 is 15.9 Å². The Bertz CT molecular complexity index is 366. The van der Waals surface area contributed by atoms with Gasteiger partial charge in [0.05, 0.1) is 6.04 Å². The molecule has 0 saturated carbocycles. The first-order valence-corrected chi connectivity index (χ1v) is 6.62. The maximum absolute atomic E-state index is 4.66. The van der Waals surface area contributed by atoms with Crippen molar-refractivity contribution in [2.45, 2.75) is 38.1 Å². The number of halogens is 1. The summed E-state index contributed by atoms with van der Waals surface area (Å²) in [4.78, 5) is 0. The molecule has 3 rings (SSSR count). The quantitative estimate of drug-likeness (QED) is 0.846. The van der Waals surface area contributed by atoms with Crippen molar-refractivity contribution < 1.29 is 0 Å². The Balaban J connectivity index is 1.93. The third-order valence-electron chi connectivity index (χ3n) is 3.56. The second-order valence-electron chi connectivity index (χ2n) is 4.50. The smallest absolute Gasteiger partial charge is 0.131 e. The molecule has 3 nitrogen and oxygen atoms in total. The molecule has 1 fully saturated rings. The SMILES string of the molecule is Brc1nn(C2CCNCC2)c2c1CCC2. The Hall–Kier alpha value is -0.350. The summed E-state index contributed by atoms with van der Waals surface area (Å²) in [6, 6.07) is 0.629. The summed E-state index contributed by atoms with van der Waals surface area (Å²) in [7, 11) is 0. The molecule has 15 heavy (non-hydrogen) atoms. The van der Waals surface area contributed by atoms with Gasteiger partial charge in [0.15, 0.2) is 0 Å². The predicted octanol–water partition coefficient (Wildman–Crippen LogP) is 2.06. The molecule has 1 aromatic rings. The molecule has 2 heterocycles. The number of fused-ring (bicyclic) bond motifs is 1. The lowest BCUT2D eigenvalue weighted by Crippen LogP contribution is -2.30. The van der Waals surface area contributed by atoms with Crippen molar-refractivity contribution in [1.82, 2.24) is 15.1 Å². The zero-order valence-electron chi connectivity index (χ0n) is 8.80. The Labute approximate surface area is 98.4 Å². The highest BCUT2D eigenvalue weighted by Crippen LogP contribution is 2.32. The van der Waals surface area contributed by atoms with E-state index < -0.39 is 0 Å². The van der Waals surface area contributed by atoms with Gasteiger partial charge in [0, 0.05) is 11.3 Å². The van der Waals surface area contributed by atoms with Crippen molar-refractivity contribution in [2.75, 3.05) is 13.1 Å². The maximum Gasteiger partial charge on any atom is 0.131 e. The molecule has 4 heteroatoms. The van der Waals surface area contributed by atoms with Crippen LogP contribution in [0.15, 0.2) is 4.60 Å². The van der Waals surface area contributed by atoms with E-state index in [0.717, 1.165) is 17.7 Å². The Kier molecular flexibility index (Phi) is 2.56. The minimum Gasteiger partial charge on any atom is -0.317 e. The lowest BCUT2D eigenvalue weighted by atomic mass is 10.1. The van der Waals surface area contributed by atoms with Crippen LogP contribution in [-0.2, 0) is 12.8 Å². The molecule has 0 unspecified atom stereocenters. The first kappa shape index (κ1) is 9.85. The summed E-state index contributed by atoms with van der Waals surface area (Å²) in [5.41, 5.74) is 2.96. The van der Waals surface area contributed by atoms with Gasteiger partial charge in [-0.25, -0.2) is 0 Å². The van der Waals surface area contributed by atoms with Crippen molar-refractivity contribution in [1.29, 1.82) is 0 Å². The highest BCUT2D eigenvalue weighted by atomic mass is 79.9. The summed E-state index contributed by atoms with van der Waals surface area (Å²) in [5, 5.41) is 8.07. The number of hydrogen-bond acceptors (Lipinski definition) is 2. The van der Waals surface area contributed by atoms with Gasteiger partial charge in [-0.3, -0.25) is 4.68 Å². The molecule has 0 radical (unpaired) electrons. The topological polar surface area (TPSA) is 29.9 Å². The Morgan fingerprint density at radius 1 is 1.27 bits per heavy atom. The molecule has 1 aliphatic heterocycles. The van der Waals surface area contributed by atoms with E-state index in [1.807, 2.05) is 0 Å². The van der Waals surface area contributed by atoms with Crippen LogP contribution in [0.1, 0.15) is 36.6 Å². The Morgan fingerprint density at radius 3 is 2.87 bits per heavy atom. The predicted molar refractivity (Wildman–Crippen MR) is 63.1 cm³/mol. The highest BCUT2D eigenvalue weighted by molar-refractivity contribution is 9.10. The molecule has 1 N–H and O–H groups in total. The fourth-order valence-electron chi connectivity index (χ4n) is 2.77. The monoisotopic (exact) mass is 269 g/mol. The van der Waals surface area contributed by atoms with Gasteiger partial charge in [-0.2, -0.15) is 5.10 Å². The van der Waals surface area contributed by atoms with Gasteiger partial charge in [0.1, 0.15) is 4.60 Å². The molecular formula is C11H16BrN3. The summed E-state index contributed by atoms with van der Waals surface area (Å²) < 4.78 is 3.39. The van der Waals surface area contributed by atoms with Crippen LogP contribution in [0.4, 0.5) is 0 Å². The lowest BCUT2D eigenvalue weighted by molar-refractivity contribution is 0.335. The molecule has 0 spiro atoms. The molecular weight excluding hydrogens is 254 g/mol. The van der Waals surface area contributed by atoms with Crippen molar-refractivity contribution >= 4 is 15.9 Å². The van der Waals surface area contributed by atoms with E-state index in [4.69, 9.17) is 0 Å². The van der Waals surface area contributed by atoms with Crippen LogP contribution in [0.3, 0.4) is 0 Å². The van der Waals surface area contributed by atoms with Crippen LogP contribution in [-0.4, -0.2) is 22.9 Å². The van der Waals surface area contributed by atoms with E-state index in [-0.39, 0.29) is 0 Å². The summed E-state index contributed by atoms with van der Waals surface area (Å²) >= 11 is 3.59. The number of hydrogen-bond donors (Lipinski definition) is 1.